The molecule has 2 aliphatic rings. The van der Waals surface area contributed by atoms with Crippen molar-refractivity contribution in [1.29, 1.82) is 0 Å². The van der Waals surface area contributed by atoms with Gasteiger partial charge in [-0.15, -0.1) is 12.4 Å². The number of nitrogens with one attached hydrogen (secondary N) is 1. The molecule has 3 unspecified atom stereocenters. The molecule has 0 aromatic heterocycles. The summed E-state index contributed by atoms with van der Waals surface area (Å²) in [5.74, 6) is 0.0235. The highest BCUT2D eigenvalue weighted by Crippen LogP contribution is 2.57. The van der Waals surface area contributed by atoms with Gasteiger partial charge >= 0.3 is 0 Å². The zero-order chi connectivity index (χ0) is 14.4. The Bertz CT molecular complexity index is 520. The van der Waals surface area contributed by atoms with Crippen LogP contribution in [0.5, 0.6) is 0 Å². The molecule has 1 aliphatic carbocycles. The van der Waals surface area contributed by atoms with Gasteiger partial charge in [0, 0.05) is 23.6 Å². The van der Waals surface area contributed by atoms with Gasteiger partial charge in [0.1, 0.15) is 5.54 Å². The summed E-state index contributed by atoms with van der Waals surface area (Å²) in [4.78, 5) is 12.7. The maximum absolute atomic E-state index is 12.7. The van der Waals surface area contributed by atoms with Crippen molar-refractivity contribution in [2.24, 2.45) is 17.1 Å². The molecule has 3 atom stereocenters. The number of amides is 1. The number of hydrogen-bond donors (Lipinski definition) is 2. The molecule has 3 N–H and O–H groups in total. The fourth-order valence-corrected chi connectivity index (χ4v) is 3.79. The summed E-state index contributed by atoms with van der Waals surface area (Å²) >= 11 is 0. The fourth-order valence-electron chi connectivity index (χ4n) is 3.79. The third kappa shape index (κ3) is 2.26. The molecule has 2 fully saturated rings. The van der Waals surface area contributed by atoms with Crippen LogP contribution < -0.4 is 11.1 Å². The number of para-hydroxylation sites is 1. The average molecular weight is 311 g/mol. The number of ether oxygens (including phenoxy) is 1. The van der Waals surface area contributed by atoms with Crippen LogP contribution in [0.25, 0.3) is 0 Å². The van der Waals surface area contributed by atoms with Gasteiger partial charge in [-0.05, 0) is 25.0 Å². The molecule has 1 aromatic rings. The van der Waals surface area contributed by atoms with E-state index >= 15 is 0 Å². The van der Waals surface area contributed by atoms with Gasteiger partial charge in [0.25, 0.3) is 0 Å². The predicted octanol–water partition coefficient (Wildman–Crippen LogP) is 2.58. The number of carbonyl (C=O) groups is 1. The molecule has 0 spiro atoms. The van der Waals surface area contributed by atoms with E-state index < -0.39 is 5.54 Å². The van der Waals surface area contributed by atoms with Gasteiger partial charge in [0.15, 0.2) is 0 Å². The number of halogens is 1. The lowest BCUT2D eigenvalue weighted by molar-refractivity contribution is -0.222. The maximum atomic E-state index is 12.7. The van der Waals surface area contributed by atoms with E-state index in [0.717, 1.165) is 25.1 Å². The van der Waals surface area contributed by atoms with E-state index in [0.29, 0.717) is 0 Å². The third-order valence-electron chi connectivity index (χ3n) is 5.09. The Labute approximate surface area is 131 Å². The Morgan fingerprint density at radius 2 is 2.00 bits per heavy atom. The minimum absolute atomic E-state index is 0. The molecule has 1 saturated heterocycles. The number of carbonyl (C=O) groups excluding carboxylic acids is 1. The Kier molecular flexibility index (Phi) is 4.34. The van der Waals surface area contributed by atoms with Gasteiger partial charge in [0.05, 0.1) is 6.10 Å². The second kappa shape index (κ2) is 5.59. The summed E-state index contributed by atoms with van der Waals surface area (Å²) in [5, 5.41) is 2.95. The van der Waals surface area contributed by atoms with Crippen molar-refractivity contribution in [2.45, 2.75) is 38.3 Å². The van der Waals surface area contributed by atoms with E-state index in [1.807, 2.05) is 44.2 Å². The summed E-state index contributed by atoms with van der Waals surface area (Å²) in [6, 6.07) is 9.48. The number of benzene rings is 1. The Balaban J connectivity index is 0.00000161. The van der Waals surface area contributed by atoms with Crippen LogP contribution in [0.15, 0.2) is 30.3 Å². The van der Waals surface area contributed by atoms with Crippen molar-refractivity contribution < 1.29 is 9.53 Å². The SMILES string of the molecule is CC1(C)C2OCCCC2C1(N)C(=O)Nc1ccccc1.Cl. The van der Waals surface area contributed by atoms with Gasteiger partial charge in [0.2, 0.25) is 5.91 Å². The van der Waals surface area contributed by atoms with Crippen molar-refractivity contribution >= 4 is 24.0 Å². The highest BCUT2D eigenvalue weighted by Gasteiger charge is 2.70. The third-order valence-corrected chi connectivity index (χ3v) is 5.09. The minimum atomic E-state index is -0.853. The number of hydrogen-bond acceptors (Lipinski definition) is 3. The molecule has 1 amide bonds. The highest BCUT2D eigenvalue weighted by atomic mass is 35.5. The molecule has 1 heterocycles. The van der Waals surface area contributed by atoms with Crippen LogP contribution in [0, 0.1) is 11.3 Å². The van der Waals surface area contributed by atoms with Crippen molar-refractivity contribution in [3.05, 3.63) is 30.3 Å². The van der Waals surface area contributed by atoms with Crippen LogP contribution in [0.4, 0.5) is 5.69 Å². The van der Waals surface area contributed by atoms with Crippen molar-refractivity contribution in [3.8, 4) is 0 Å². The molecule has 1 saturated carbocycles. The van der Waals surface area contributed by atoms with Crippen LogP contribution in [0.1, 0.15) is 26.7 Å². The van der Waals surface area contributed by atoms with Crippen molar-refractivity contribution in [2.75, 3.05) is 11.9 Å². The van der Waals surface area contributed by atoms with Gasteiger partial charge in [-0.3, -0.25) is 4.79 Å². The lowest BCUT2D eigenvalue weighted by Crippen LogP contribution is -2.81. The predicted molar refractivity (Wildman–Crippen MR) is 85.5 cm³/mol. The second-order valence-electron chi connectivity index (χ2n) is 6.45. The molecular formula is C16H23ClN2O2. The first-order chi connectivity index (χ1) is 9.48. The lowest BCUT2D eigenvalue weighted by atomic mass is 9.46. The second-order valence-corrected chi connectivity index (χ2v) is 6.45. The molecule has 5 heteroatoms. The van der Waals surface area contributed by atoms with Crippen molar-refractivity contribution in [3.63, 3.8) is 0 Å². The summed E-state index contributed by atoms with van der Waals surface area (Å²) < 4.78 is 5.83. The molecule has 1 aliphatic heterocycles. The lowest BCUT2D eigenvalue weighted by Gasteiger charge is -2.65. The van der Waals surface area contributed by atoms with Crippen LogP contribution in [0.3, 0.4) is 0 Å². The summed E-state index contributed by atoms with van der Waals surface area (Å²) in [6.07, 6.45) is 2.05. The summed E-state index contributed by atoms with van der Waals surface area (Å²) in [5.41, 5.74) is 6.14. The molecule has 3 rings (SSSR count). The fraction of sp³-hybridized carbons (Fsp3) is 0.562. The van der Waals surface area contributed by atoms with E-state index in [1.165, 1.54) is 0 Å². The standard InChI is InChI=1S/C16H22N2O2.ClH/c1-15(2)13-12(9-6-10-20-13)16(15,17)14(19)18-11-7-4-3-5-8-11;/h3-5,7-8,12-13H,6,9-10,17H2,1-2H3,(H,18,19);1H. The Morgan fingerprint density at radius 1 is 1.33 bits per heavy atom. The summed E-state index contributed by atoms with van der Waals surface area (Å²) in [7, 11) is 0. The molecule has 116 valence electrons. The van der Waals surface area contributed by atoms with E-state index in [2.05, 4.69) is 5.32 Å². The van der Waals surface area contributed by atoms with Crippen LogP contribution >= 0.6 is 12.4 Å². The molecular weight excluding hydrogens is 288 g/mol. The number of nitrogens with two attached hydrogens (primary N) is 1. The maximum Gasteiger partial charge on any atom is 0.245 e. The number of fused-ring (bicyclic) bond motifs is 1. The van der Waals surface area contributed by atoms with E-state index in [-0.39, 0.29) is 35.8 Å². The zero-order valence-electron chi connectivity index (χ0n) is 12.5. The van der Waals surface area contributed by atoms with Gasteiger partial charge in [-0.1, -0.05) is 32.0 Å². The molecule has 0 bridgehead atoms. The first-order valence-electron chi connectivity index (χ1n) is 7.25. The quantitative estimate of drug-likeness (QED) is 0.882. The first kappa shape index (κ1) is 16.3. The van der Waals surface area contributed by atoms with Crippen LogP contribution in [0.2, 0.25) is 0 Å². The first-order valence-corrected chi connectivity index (χ1v) is 7.25. The normalized spacial score (nSPS) is 33.1. The smallest absolute Gasteiger partial charge is 0.245 e. The summed E-state index contributed by atoms with van der Waals surface area (Å²) in [6.45, 7) is 4.84. The van der Waals surface area contributed by atoms with E-state index in [1.54, 1.807) is 0 Å². The largest absolute Gasteiger partial charge is 0.377 e. The molecule has 0 radical (unpaired) electrons. The zero-order valence-corrected chi connectivity index (χ0v) is 13.3. The number of anilines is 1. The van der Waals surface area contributed by atoms with Crippen molar-refractivity contribution in [1.82, 2.24) is 0 Å². The van der Waals surface area contributed by atoms with E-state index in [9.17, 15) is 4.79 Å². The highest BCUT2D eigenvalue weighted by molar-refractivity contribution is 6.00. The average Bonchev–Trinajstić information content (AvgIpc) is 2.47. The molecule has 4 nitrogen and oxygen atoms in total. The number of rotatable bonds is 2. The Morgan fingerprint density at radius 3 is 2.67 bits per heavy atom. The minimum Gasteiger partial charge on any atom is -0.377 e. The Hall–Kier alpha value is -1.10. The van der Waals surface area contributed by atoms with Crippen LogP contribution in [-0.4, -0.2) is 24.2 Å². The van der Waals surface area contributed by atoms with Gasteiger partial charge in [-0.25, -0.2) is 0 Å². The van der Waals surface area contributed by atoms with Crippen LogP contribution in [-0.2, 0) is 9.53 Å². The van der Waals surface area contributed by atoms with Gasteiger partial charge < -0.3 is 15.8 Å². The van der Waals surface area contributed by atoms with Gasteiger partial charge in [-0.2, -0.15) is 0 Å². The molecule has 21 heavy (non-hydrogen) atoms. The molecule has 1 aromatic carbocycles. The topological polar surface area (TPSA) is 64.3 Å². The van der Waals surface area contributed by atoms with E-state index in [4.69, 9.17) is 10.5 Å². The monoisotopic (exact) mass is 310 g/mol.